The van der Waals surface area contributed by atoms with Gasteiger partial charge in [0.2, 0.25) is 0 Å². The second-order valence-electron chi connectivity index (χ2n) is 9.43. The van der Waals surface area contributed by atoms with E-state index in [1.165, 1.54) is 28.8 Å². The fourth-order valence-corrected chi connectivity index (χ4v) is 5.44. The zero-order chi connectivity index (χ0) is 21.5. The van der Waals surface area contributed by atoms with Crippen molar-refractivity contribution >= 4 is 5.65 Å². The summed E-state index contributed by atoms with van der Waals surface area (Å²) in [7, 11) is 0. The molecular weight excluding hydrogens is 402 g/mol. The van der Waals surface area contributed by atoms with Crippen LogP contribution in [-0.4, -0.2) is 46.0 Å². The van der Waals surface area contributed by atoms with Gasteiger partial charge in [0, 0.05) is 62.6 Å². The molecule has 3 aliphatic heterocycles. The number of fused-ring (bicyclic) bond motifs is 2. The topological polar surface area (TPSA) is 48.2 Å². The minimum atomic E-state index is -0.0621. The highest BCUT2D eigenvalue weighted by molar-refractivity contribution is 5.70. The molecule has 6 nitrogen and oxygen atoms in total. The second-order valence-corrected chi connectivity index (χ2v) is 9.43. The van der Waals surface area contributed by atoms with Gasteiger partial charge in [-0.05, 0) is 68.0 Å². The summed E-state index contributed by atoms with van der Waals surface area (Å²) >= 11 is 0. The van der Waals surface area contributed by atoms with Gasteiger partial charge >= 0.3 is 0 Å². The molecule has 1 spiro atoms. The number of imidazole rings is 1. The Morgan fingerprint density at radius 1 is 1.09 bits per heavy atom. The number of hydrogen-bond acceptors (Lipinski definition) is 5. The van der Waals surface area contributed by atoms with Gasteiger partial charge in [0.1, 0.15) is 17.0 Å². The number of nitrogens with zero attached hydrogens (tertiary/aromatic N) is 3. The van der Waals surface area contributed by atoms with Gasteiger partial charge < -0.3 is 13.9 Å². The van der Waals surface area contributed by atoms with Gasteiger partial charge in [0.25, 0.3) is 0 Å². The maximum absolute atomic E-state index is 6.65. The van der Waals surface area contributed by atoms with E-state index in [4.69, 9.17) is 14.3 Å². The van der Waals surface area contributed by atoms with E-state index in [1.807, 2.05) is 12.4 Å². The average molecular weight is 434 g/mol. The van der Waals surface area contributed by atoms with Gasteiger partial charge in [-0.2, -0.15) is 5.06 Å². The van der Waals surface area contributed by atoms with Gasteiger partial charge in [-0.1, -0.05) is 6.07 Å². The lowest BCUT2D eigenvalue weighted by Gasteiger charge is -2.44. The van der Waals surface area contributed by atoms with Crippen molar-refractivity contribution in [1.82, 2.24) is 14.4 Å². The summed E-state index contributed by atoms with van der Waals surface area (Å²) in [6, 6.07) is 10.9. The molecule has 2 aromatic heterocycles. The first-order valence-electron chi connectivity index (χ1n) is 12.0. The molecule has 0 N–H and O–H groups in total. The number of aromatic nitrogens is 2. The monoisotopic (exact) mass is 433 g/mol. The Kier molecular flexibility index (Phi) is 5.17. The number of rotatable bonds is 3. The third kappa shape index (κ3) is 3.70. The van der Waals surface area contributed by atoms with Crippen LogP contribution in [0.25, 0.3) is 16.8 Å². The van der Waals surface area contributed by atoms with Gasteiger partial charge in [-0.25, -0.2) is 4.98 Å². The van der Waals surface area contributed by atoms with E-state index >= 15 is 0 Å². The van der Waals surface area contributed by atoms with Crippen molar-refractivity contribution in [3.05, 3.63) is 54.0 Å². The van der Waals surface area contributed by atoms with Crippen molar-refractivity contribution in [1.29, 1.82) is 0 Å². The zero-order valence-corrected chi connectivity index (χ0v) is 18.8. The molecule has 32 heavy (non-hydrogen) atoms. The lowest BCUT2D eigenvalue weighted by atomic mass is 9.83. The number of benzene rings is 1. The number of hydroxylamine groups is 2. The third-order valence-corrected chi connectivity index (χ3v) is 7.41. The Labute approximate surface area is 189 Å². The van der Waals surface area contributed by atoms with Crippen LogP contribution in [-0.2, 0) is 16.0 Å². The standard InChI is InChI=1S/C26H31N3O3/c1-19-22(6-8-24-27-13-16-29(19)24)20-5-7-23-21(18-20)9-10-26(31-23)11-14-28(15-12-26)32-25-4-2-3-17-30-25/h5-8,13,16,18,25H,2-4,9-12,14-15,17H2,1H3. The summed E-state index contributed by atoms with van der Waals surface area (Å²) in [4.78, 5) is 10.5. The molecule has 0 amide bonds. The third-order valence-electron chi connectivity index (χ3n) is 7.41. The van der Waals surface area contributed by atoms with Crippen molar-refractivity contribution in [2.75, 3.05) is 19.7 Å². The van der Waals surface area contributed by atoms with Crippen LogP contribution in [0.2, 0.25) is 0 Å². The molecule has 3 aliphatic rings. The van der Waals surface area contributed by atoms with Gasteiger partial charge in [0.05, 0.1) is 0 Å². The van der Waals surface area contributed by atoms with E-state index in [0.29, 0.717) is 0 Å². The molecule has 5 heterocycles. The molecule has 2 saturated heterocycles. The van der Waals surface area contributed by atoms with Crippen LogP contribution in [0.4, 0.5) is 0 Å². The second kappa shape index (κ2) is 8.18. The Balaban J connectivity index is 1.15. The number of aryl methyl sites for hydroxylation is 2. The van der Waals surface area contributed by atoms with Crippen LogP contribution in [0.5, 0.6) is 5.75 Å². The lowest BCUT2D eigenvalue weighted by Crippen LogP contribution is -2.50. The minimum absolute atomic E-state index is 0.0609. The first-order chi connectivity index (χ1) is 15.7. The highest BCUT2D eigenvalue weighted by Crippen LogP contribution is 2.41. The van der Waals surface area contributed by atoms with E-state index in [2.05, 4.69) is 51.7 Å². The first-order valence-corrected chi connectivity index (χ1v) is 12.0. The lowest BCUT2D eigenvalue weighted by molar-refractivity contribution is -0.301. The van der Waals surface area contributed by atoms with E-state index in [1.54, 1.807) is 0 Å². The van der Waals surface area contributed by atoms with Crippen molar-refractivity contribution in [3.8, 4) is 16.9 Å². The van der Waals surface area contributed by atoms with E-state index in [0.717, 1.165) is 69.6 Å². The number of ether oxygens (including phenoxy) is 2. The molecule has 1 unspecified atom stereocenters. The van der Waals surface area contributed by atoms with Crippen molar-refractivity contribution in [2.45, 2.75) is 63.8 Å². The molecule has 6 rings (SSSR count). The first kappa shape index (κ1) is 20.2. The molecule has 3 aromatic rings. The number of pyridine rings is 1. The summed E-state index contributed by atoms with van der Waals surface area (Å²) in [5, 5.41) is 2.10. The van der Waals surface area contributed by atoms with Crippen LogP contribution >= 0.6 is 0 Å². The summed E-state index contributed by atoms with van der Waals surface area (Å²) in [5.41, 5.74) is 5.93. The normalized spacial score (nSPS) is 23.2. The smallest absolute Gasteiger partial charge is 0.177 e. The SMILES string of the molecule is Cc1c(-c2ccc3c(c2)CCC2(CCN(OC4CCCCO4)CC2)O3)ccc2nccn12. The fraction of sp³-hybridized carbons (Fsp3) is 0.500. The maximum Gasteiger partial charge on any atom is 0.177 e. The summed E-state index contributed by atoms with van der Waals surface area (Å²) < 4.78 is 14.5. The average Bonchev–Trinajstić information content (AvgIpc) is 3.32. The molecule has 2 fully saturated rings. The van der Waals surface area contributed by atoms with E-state index < -0.39 is 0 Å². The van der Waals surface area contributed by atoms with Crippen LogP contribution < -0.4 is 4.74 Å². The van der Waals surface area contributed by atoms with Gasteiger partial charge in [-0.15, -0.1) is 0 Å². The number of hydrogen-bond donors (Lipinski definition) is 0. The highest BCUT2D eigenvalue weighted by Gasteiger charge is 2.40. The summed E-state index contributed by atoms with van der Waals surface area (Å²) in [6.07, 6.45) is 11.3. The predicted molar refractivity (Wildman–Crippen MR) is 123 cm³/mol. The molecule has 1 atom stereocenters. The van der Waals surface area contributed by atoms with Crippen LogP contribution in [0.15, 0.2) is 42.7 Å². The van der Waals surface area contributed by atoms with E-state index in [9.17, 15) is 0 Å². The zero-order valence-electron chi connectivity index (χ0n) is 18.8. The predicted octanol–water partition coefficient (Wildman–Crippen LogP) is 4.93. The maximum atomic E-state index is 6.65. The highest BCUT2D eigenvalue weighted by atomic mass is 16.8. The van der Waals surface area contributed by atoms with E-state index in [-0.39, 0.29) is 11.9 Å². The Hall–Kier alpha value is -2.41. The molecule has 1 aromatic carbocycles. The van der Waals surface area contributed by atoms with Crippen molar-refractivity contribution in [3.63, 3.8) is 0 Å². The van der Waals surface area contributed by atoms with Gasteiger partial charge in [0.15, 0.2) is 6.29 Å². The Bertz CT molecular complexity index is 1110. The van der Waals surface area contributed by atoms with Crippen molar-refractivity contribution < 1.29 is 14.3 Å². The Morgan fingerprint density at radius 2 is 2.00 bits per heavy atom. The molecule has 0 saturated carbocycles. The van der Waals surface area contributed by atoms with Crippen LogP contribution in [0.3, 0.4) is 0 Å². The van der Waals surface area contributed by atoms with Gasteiger partial charge in [-0.3, -0.25) is 4.84 Å². The molecule has 168 valence electrons. The fourth-order valence-electron chi connectivity index (χ4n) is 5.44. The van der Waals surface area contributed by atoms with Crippen LogP contribution in [0.1, 0.15) is 49.8 Å². The van der Waals surface area contributed by atoms with Crippen LogP contribution in [0, 0.1) is 6.92 Å². The van der Waals surface area contributed by atoms with Crippen molar-refractivity contribution in [2.24, 2.45) is 0 Å². The number of piperidine rings is 1. The quantitative estimate of drug-likeness (QED) is 0.586. The minimum Gasteiger partial charge on any atom is -0.487 e. The molecule has 6 heteroatoms. The molecule has 0 bridgehead atoms. The summed E-state index contributed by atoms with van der Waals surface area (Å²) in [5.74, 6) is 1.05. The molecular formula is C26H31N3O3. The molecule has 0 aliphatic carbocycles. The summed E-state index contributed by atoms with van der Waals surface area (Å²) in [6.45, 7) is 4.78. The Morgan fingerprint density at radius 3 is 2.84 bits per heavy atom. The molecule has 0 radical (unpaired) electrons. The largest absolute Gasteiger partial charge is 0.487 e.